The number of benzene rings is 3. The quantitative estimate of drug-likeness (QED) is 0.599. The summed E-state index contributed by atoms with van der Waals surface area (Å²) in [6, 6.07) is 26.5. The van der Waals surface area contributed by atoms with Gasteiger partial charge in [-0.15, -0.1) is 0 Å². The van der Waals surface area contributed by atoms with Crippen molar-refractivity contribution < 1.29 is 0 Å². The van der Waals surface area contributed by atoms with Crippen molar-refractivity contribution in [2.24, 2.45) is 4.99 Å². The fourth-order valence-corrected chi connectivity index (χ4v) is 2.97. The number of aliphatic imine (C=N–C) groups is 1. The Morgan fingerprint density at radius 3 is 2.26 bits per heavy atom. The molecule has 4 rings (SSSR count). The molecule has 1 aliphatic rings. The summed E-state index contributed by atoms with van der Waals surface area (Å²) >= 11 is 6.01. The Balaban J connectivity index is 1.82. The van der Waals surface area contributed by atoms with E-state index in [1.807, 2.05) is 36.4 Å². The Morgan fingerprint density at radius 1 is 0.783 bits per heavy atom. The molecule has 3 aromatic carbocycles. The van der Waals surface area contributed by atoms with E-state index in [2.05, 4.69) is 47.4 Å². The third kappa shape index (κ3) is 2.73. The van der Waals surface area contributed by atoms with E-state index in [9.17, 15) is 0 Å². The van der Waals surface area contributed by atoms with Gasteiger partial charge in [0.1, 0.15) is 0 Å². The molecule has 2 nitrogen and oxygen atoms in total. The average Bonchev–Trinajstić information content (AvgIpc) is 2.62. The molecule has 0 amide bonds. The topological polar surface area (TPSA) is 15.6 Å². The standard InChI is InChI=1S/C20H15ClN2/c21-16-12-10-15(11-13-16)19-14-23(17-6-2-1-3-7-17)20-9-5-4-8-18(20)22-19/h1-13H,14H2. The molecular weight excluding hydrogens is 304 g/mol. The van der Waals surface area contributed by atoms with Crippen LogP contribution in [0.4, 0.5) is 17.1 Å². The molecule has 0 saturated heterocycles. The van der Waals surface area contributed by atoms with E-state index in [1.165, 1.54) is 5.69 Å². The molecule has 0 spiro atoms. The molecule has 0 saturated carbocycles. The van der Waals surface area contributed by atoms with Crippen LogP contribution < -0.4 is 4.90 Å². The van der Waals surface area contributed by atoms with Crippen LogP contribution in [0.3, 0.4) is 0 Å². The molecule has 112 valence electrons. The van der Waals surface area contributed by atoms with Crippen LogP contribution in [0.25, 0.3) is 0 Å². The van der Waals surface area contributed by atoms with Crippen molar-refractivity contribution in [1.82, 2.24) is 0 Å². The van der Waals surface area contributed by atoms with Crippen molar-refractivity contribution in [2.45, 2.75) is 0 Å². The number of hydrogen-bond donors (Lipinski definition) is 0. The lowest BCUT2D eigenvalue weighted by Gasteiger charge is -2.30. The first kappa shape index (κ1) is 14.0. The Bertz CT molecular complexity index is 854. The first-order valence-electron chi connectivity index (χ1n) is 7.56. The van der Waals surface area contributed by atoms with Gasteiger partial charge in [-0.2, -0.15) is 0 Å². The predicted molar refractivity (Wildman–Crippen MR) is 97.5 cm³/mol. The van der Waals surface area contributed by atoms with Gasteiger partial charge in [-0.1, -0.05) is 54.1 Å². The summed E-state index contributed by atoms with van der Waals surface area (Å²) in [5.74, 6) is 0. The van der Waals surface area contributed by atoms with Crippen LogP contribution in [0.15, 0.2) is 83.9 Å². The summed E-state index contributed by atoms with van der Waals surface area (Å²) in [5, 5.41) is 0.741. The Kier molecular flexibility index (Phi) is 3.60. The van der Waals surface area contributed by atoms with Gasteiger partial charge in [0.25, 0.3) is 0 Å². The summed E-state index contributed by atoms with van der Waals surface area (Å²) in [6.45, 7) is 0.739. The van der Waals surface area contributed by atoms with Crippen LogP contribution in [0, 0.1) is 0 Å². The van der Waals surface area contributed by atoms with E-state index >= 15 is 0 Å². The highest BCUT2D eigenvalue weighted by Crippen LogP contribution is 2.37. The second-order valence-corrected chi connectivity index (χ2v) is 5.91. The Morgan fingerprint density at radius 2 is 1.48 bits per heavy atom. The third-order valence-electron chi connectivity index (χ3n) is 3.98. The maximum Gasteiger partial charge on any atom is 0.0871 e. The molecule has 0 atom stereocenters. The summed E-state index contributed by atoms with van der Waals surface area (Å²) in [4.78, 5) is 7.15. The van der Waals surface area contributed by atoms with Crippen molar-refractivity contribution in [3.8, 4) is 0 Å². The molecule has 3 heteroatoms. The lowest BCUT2D eigenvalue weighted by molar-refractivity contribution is 1.10. The Hall–Kier alpha value is -2.58. The van der Waals surface area contributed by atoms with Gasteiger partial charge in [-0.25, -0.2) is 4.99 Å². The molecule has 0 fully saturated rings. The summed E-state index contributed by atoms with van der Waals surface area (Å²) < 4.78 is 0. The zero-order valence-corrected chi connectivity index (χ0v) is 13.2. The van der Waals surface area contributed by atoms with Gasteiger partial charge in [0.15, 0.2) is 0 Å². The van der Waals surface area contributed by atoms with E-state index in [-0.39, 0.29) is 0 Å². The third-order valence-corrected chi connectivity index (χ3v) is 4.23. The highest BCUT2D eigenvalue weighted by molar-refractivity contribution is 6.30. The molecule has 0 bridgehead atoms. The molecule has 0 radical (unpaired) electrons. The fraction of sp³-hybridized carbons (Fsp3) is 0.0500. The first-order chi connectivity index (χ1) is 11.3. The van der Waals surface area contributed by atoms with Gasteiger partial charge >= 0.3 is 0 Å². The normalized spacial score (nSPS) is 13.4. The maximum absolute atomic E-state index is 6.01. The minimum absolute atomic E-state index is 0.739. The van der Waals surface area contributed by atoms with Crippen molar-refractivity contribution in [2.75, 3.05) is 11.4 Å². The van der Waals surface area contributed by atoms with Crippen LogP contribution in [-0.4, -0.2) is 12.3 Å². The van der Waals surface area contributed by atoms with E-state index < -0.39 is 0 Å². The molecular formula is C20H15ClN2. The smallest absolute Gasteiger partial charge is 0.0871 e. The van der Waals surface area contributed by atoms with Crippen molar-refractivity contribution >= 4 is 34.4 Å². The fourth-order valence-electron chi connectivity index (χ4n) is 2.84. The molecule has 3 aromatic rings. The lowest BCUT2D eigenvalue weighted by Crippen LogP contribution is -2.28. The van der Waals surface area contributed by atoms with Crippen molar-refractivity contribution in [1.29, 1.82) is 0 Å². The number of anilines is 2. The SMILES string of the molecule is Clc1ccc(C2=Nc3ccccc3N(c3ccccc3)C2)cc1. The van der Waals surface area contributed by atoms with Crippen LogP contribution >= 0.6 is 11.6 Å². The van der Waals surface area contributed by atoms with Crippen LogP contribution in [0.1, 0.15) is 5.56 Å². The molecule has 1 heterocycles. The Labute approximate surface area is 140 Å². The molecule has 0 aliphatic carbocycles. The highest BCUT2D eigenvalue weighted by Gasteiger charge is 2.21. The minimum atomic E-state index is 0.739. The molecule has 1 aliphatic heterocycles. The van der Waals surface area contributed by atoms with Crippen LogP contribution in [0.2, 0.25) is 5.02 Å². The number of nitrogens with zero attached hydrogens (tertiary/aromatic N) is 2. The number of rotatable bonds is 2. The first-order valence-corrected chi connectivity index (χ1v) is 7.94. The summed E-state index contributed by atoms with van der Waals surface area (Å²) in [5.41, 5.74) is 5.44. The zero-order valence-electron chi connectivity index (χ0n) is 12.5. The van der Waals surface area contributed by atoms with Gasteiger partial charge in [0, 0.05) is 10.7 Å². The van der Waals surface area contributed by atoms with Gasteiger partial charge < -0.3 is 4.90 Å². The minimum Gasteiger partial charge on any atom is -0.334 e. The molecule has 0 unspecified atom stereocenters. The van der Waals surface area contributed by atoms with E-state index in [0.29, 0.717) is 0 Å². The largest absolute Gasteiger partial charge is 0.334 e. The van der Waals surface area contributed by atoms with E-state index in [0.717, 1.165) is 34.2 Å². The predicted octanol–water partition coefficient (Wildman–Crippen LogP) is 5.61. The number of fused-ring (bicyclic) bond motifs is 1. The average molecular weight is 319 g/mol. The van der Waals surface area contributed by atoms with Gasteiger partial charge in [-0.05, 0) is 42.0 Å². The van der Waals surface area contributed by atoms with Crippen molar-refractivity contribution in [3.05, 3.63) is 89.4 Å². The van der Waals surface area contributed by atoms with Gasteiger partial charge in [0.05, 0.1) is 23.6 Å². The van der Waals surface area contributed by atoms with E-state index in [4.69, 9.17) is 16.6 Å². The highest BCUT2D eigenvalue weighted by atomic mass is 35.5. The summed E-state index contributed by atoms with van der Waals surface area (Å²) in [7, 11) is 0. The van der Waals surface area contributed by atoms with Gasteiger partial charge in [0.2, 0.25) is 0 Å². The maximum atomic E-state index is 6.01. The second kappa shape index (κ2) is 5.90. The zero-order chi connectivity index (χ0) is 15.6. The second-order valence-electron chi connectivity index (χ2n) is 5.48. The van der Waals surface area contributed by atoms with Crippen LogP contribution in [-0.2, 0) is 0 Å². The number of hydrogen-bond acceptors (Lipinski definition) is 2. The molecule has 0 N–H and O–H groups in total. The number of para-hydroxylation sites is 3. The van der Waals surface area contributed by atoms with Crippen molar-refractivity contribution in [3.63, 3.8) is 0 Å². The number of halogens is 1. The monoisotopic (exact) mass is 318 g/mol. The van der Waals surface area contributed by atoms with Gasteiger partial charge in [-0.3, -0.25) is 0 Å². The molecule has 23 heavy (non-hydrogen) atoms. The molecule has 0 aromatic heterocycles. The lowest BCUT2D eigenvalue weighted by atomic mass is 10.1. The summed E-state index contributed by atoms with van der Waals surface area (Å²) in [6.07, 6.45) is 0. The van der Waals surface area contributed by atoms with Crippen LogP contribution in [0.5, 0.6) is 0 Å². The van der Waals surface area contributed by atoms with E-state index in [1.54, 1.807) is 0 Å².